The van der Waals surface area contributed by atoms with Crippen molar-refractivity contribution in [1.29, 1.82) is 10.5 Å². The molecule has 1 heterocycles. The highest BCUT2D eigenvalue weighted by Gasteiger charge is 2.21. The van der Waals surface area contributed by atoms with E-state index < -0.39 is 0 Å². The number of rotatable bonds is 6. The Morgan fingerprint density at radius 3 is 2.35 bits per heavy atom. The quantitative estimate of drug-likeness (QED) is 0.195. The second-order valence-corrected chi connectivity index (χ2v) is 9.63. The first-order chi connectivity index (χ1) is 16.5. The first-order valence-electron chi connectivity index (χ1n) is 10.1. The van der Waals surface area contributed by atoms with Crippen molar-refractivity contribution in [3.05, 3.63) is 102 Å². The molecule has 0 bridgehead atoms. The van der Waals surface area contributed by atoms with Gasteiger partial charge in [0, 0.05) is 9.13 Å². The Morgan fingerprint density at radius 2 is 1.71 bits per heavy atom. The Balaban J connectivity index is 1.79. The van der Waals surface area contributed by atoms with E-state index in [0.717, 1.165) is 18.3 Å². The Bertz CT molecular complexity index is 1450. The van der Waals surface area contributed by atoms with Crippen molar-refractivity contribution in [1.82, 2.24) is 9.78 Å². The Kier molecular flexibility index (Phi) is 7.50. The molecular weight excluding hydrogens is 652 g/mol. The van der Waals surface area contributed by atoms with Crippen LogP contribution in [0.15, 0.2) is 72.8 Å². The largest absolute Gasteiger partial charge is 0.487 e. The van der Waals surface area contributed by atoms with Crippen LogP contribution < -0.4 is 10.5 Å². The van der Waals surface area contributed by atoms with E-state index in [2.05, 4.69) is 62.4 Å². The van der Waals surface area contributed by atoms with Crippen LogP contribution in [-0.2, 0) is 6.61 Å². The third-order valence-corrected chi connectivity index (χ3v) is 6.40. The molecule has 0 saturated heterocycles. The summed E-state index contributed by atoms with van der Waals surface area (Å²) in [6, 6.07) is 27.4. The van der Waals surface area contributed by atoms with E-state index in [1.807, 2.05) is 72.8 Å². The van der Waals surface area contributed by atoms with E-state index in [9.17, 15) is 10.5 Å². The van der Waals surface area contributed by atoms with Crippen LogP contribution in [-0.4, -0.2) is 9.78 Å². The van der Waals surface area contributed by atoms with Gasteiger partial charge in [-0.2, -0.15) is 15.6 Å². The highest BCUT2D eigenvalue weighted by molar-refractivity contribution is 14.1. The van der Waals surface area contributed by atoms with Crippen molar-refractivity contribution in [2.45, 2.75) is 6.61 Å². The minimum Gasteiger partial charge on any atom is -0.487 e. The van der Waals surface area contributed by atoms with Gasteiger partial charge in [-0.05, 0) is 81.1 Å². The number of hydrogen-bond acceptors (Lipinski definition) is 5. The number of para-hydroxylation sites is 1. The second kappa shape index (κ2) is 10.7. The normalized spacial score (nSPS) is 11.0. The lowest BCUT2D eigenvalue weighted by Crippen LogP contribution is -2.02. The van der Waals surface area contributed by atoms with Gasteiger partial charge in [-0.25, -0.2) is 4.68 Å². The molecule has 0 aliphatic heterocycles. The SMILES string of the molecule is N#C/C(=C\c1cc(I)cc(I)c1OCc1ccccc1)c1nn(-c2ccccc2)c(N)c1C#N. The molecule has 0 aliphatic carbocycles. The maximum absolute atomic E-state index is 10.0. The van der Waals surface area contributed by atoms with Gasteiger partial charge in [-0.1, -0.05) is 48.5 Å². The molecule has 1 aromatic heterocycles. The van der Waals surface area contributed by atoms with Gasteiger partial charge in [0.05, 0.1) is 14.8 Å². The highest BCUT2D eigenvalue weighted by Crippen LogP contribution is 2.33. The summed E-state index contributed by atoms with van der Waals surface area (Å²) in [5.41, 5.74) is 9.31. The number of hydrogen-bond donors (Lipinski definition) is 1. The molecule has 0 unspecified atom stereocenters. The maximum atomic E-state index is 10.0. The van der Waals surface area contributed by atoms with Crippen LogP contribution >= 0.6 is 45.2 Å². The fraction of sp³-hybridized carbons (Fsp3) is 0.0385. The molecule has 0 atom stereocenters. The molecule has 0 fully saturated rings. The predicted molar refractivity (Wildman–Crippen MR) is 149 cm³/mol. The topological polar surface area (TPSA) is 101 Å². The van der Waals surface area contributed by atoms with Gasteiger partial charge in [0.1, 0.15) is 41.6 Å². The van der Waals surface area contributed by atoms with Gasteiger partial charge in [0.15, 0.2) is 0 Å². The molecule has 4 aromatic rings. The number of nitriles is 2. The first kappa shape index (κ1) is 23.8. The number of benzene rings is 3. The summed E-state index contributed by atoms with van der Waals surface area (Å²) in [7, 11) is 0. The van der Waals surface area contributed by atoms with E-state index in [1.54, 1.807) is 6.08 Å². The minimum absolute atomic E-state index is 0.156. The zero-order valence-corrected chi connectivity index (χ0v) is 22.1. The number of nitrogens with zero attached hydrogens (tertiary/aromatic N) is 4. The third-order valence-electron chi connectivity index (χ3n) is 4.97. The van der Waals surface area contributed by atoms with Gasteiger partial charge in [-0.3, -0.25) is 0 Å². The fourth-order valence-electron chi connectivity index (χ4n) is 3.37. The zero-order valence-electron chi connectivity index (χ0n) is 17.7. The molecule has 2 N–H and O–H groups in total. The lowest BCUT2D eigenvalue weighted by molar-refractivity contribution is 0.303. The molecule has 0 spiro atoms. The Hall–Kier alpha value is -3.35. The predicted octanol–water partition coefficient (Wildman–Crippen LogP) is 6.18. The molecular formula is C26H17I2N5O. The van der Waals surface area contributed by atoms with Crippen LogP contribution in [0.2, 0.25) is 0 Å². The second-order valence-electron chi connectivity index (χ2n) is 7.22. The number of nitrogens with two attached hydrogens (primary N) is 1. The summed E-state index contributed by atoms with van der Waals surface area (Å²) in [5, 5.41) is 24.3. The number of nitrogen functional groups attached to an aromatic ring is 1. The molecule has 6 nitrogen and oxygen atoms in total. The van der Waals surface area contributed by atoms with Crippen molar-refractivity contribution < 1.29 is 4.74 Å². The summed E-state index contributed by atoms with van der Waals surface area (Å²) in [6.07, 6.45) is 1.70. The number of anilines is 1. The molecule has 4 rings (SSSR count). The zero-order chi connectivity index (χ0) is 24.1. The van der Waals surface area contributed by atoms with E-state index >= 15 is 0 Å². The smallest absolute Gasteiger partial charge is 0.145 e. The van der Waals surface area contributed by atoms with Crippen molar-refractivity contribution >= 4 is 62.6 Å². The number of allylic oxidation sites excluding steroid dienone is 1. The van der Waals surface area contributed by atoms with Crippen molar-refractivity contribution in [2.75, 3.05) is 5.73 Å². The molecule has 0 radical (unpaired) electrons. The number of ether oxygens (including phenoxy) is 1. The van der Waals surface area contributed by atoms with Gasteiger partial charge in [0.2, 0.25) is 0 Å². The average Bonchev–Trinajstić information content (AvgIpc) is 3.18. The standard InChI is InChI=1S/C26H17I2N5O/c27-20-12-18(25(23(28)13-20)34-16-17-7-3-1-4-8-17)11-19(14-29)24-22(15-30)26(31)33(32-24)21-9-5-2-6-10-21/h1-13H,16,31H2/b19-11+. The fourth-order valence-corrected chi connectivity index (χ4v) is 5.42. The van der Waals surface area contributed by atoms with Crippen LogP contribution in [0, 0.1) is 29.8 Å². The van der Waals surface area contributed by atoms with E-state index in [1.165, 1.54) is 4.68 Å². The van der Waals surface area contributed by atoms with Gasteiger partial charge < -0.3 is 10.5 Å². The molecule has 0 saturated carbocycles. The highest BCUT2D eigenvalue weighted by atomic mass is 127. The van der Waals surface area contributed by atoms with Crippen LogP contribution in [0.25, 0.3) is 17.3 Å². The third kappa shape index (κ3) is 5.08. The number of aromatic nitrogens is 2. The van der Waals surface area contributed by atoms with Crippen LogP contribution in [0.5, 0.6) is 5.75 Å². The molecule has 8 heteroatoms. The molecule has 0 amide bonds. The van der Waals surface area contributed by atoms with E-state index in [-0.39, 0.29) is 22.6 Å². The van der Waals surface area contributed by atoms with Gasteiger partial charge in [-0.15, -0.1) is 0 Å². The lowest BCUT2D eigenvalue weighted by atomic mass is 10.1. The van der Waals surface area contributed by atoms with Crippen LogP contribution in [0.1, 0.15) is 22.4 Å². The lowest BCUT2D eigenvalue weighted by Gasteiger charge is -2.13. The van der Waals surface area contributed by atoms with E-state index in [4.69, 9.17) is 10.5 Å². The summed E-state index contributed by atoms with van der Waals surface area (Å²) in [4.78, 5) is 0. The van der Waals surface area contributed by atoms with E-state index in [0.29, 0.717) is 18.0 Å². The van der Waals surface area contributed by atoms with Gasteiger partial charge >= 0.3 is 0 Å². The minimum atomic E-state index is 0.156. The average molecular weight is 669 g/mol. The van der Waals surface area contributed by atoms with Crippen molar-refractivity contribution in [3.63, 3.8) is 0 Å². The monoisotopic (exact) mass is 669 g/mol. The van der Waals surface area contributed by atoms with Crippen molar-refractivity contribution in [2.24, 2.45) is 0 Å². The Labute approximate surface area is 224 Å². The van der Waals surface area contributed by atoms with Crippen LogP contribution in [0.4, 0.5) is 5.82 Å². The molecule has 0 aliphatic rings. The van der Waals surface area contributed by atoms with Crippen LogP contribution in [0.3, 0.4) is 0 Å². The van der Waals surface area contributed by atoms with Gasteiger partial charge in [0.25, 0.3) is 0 Å². The summed E-state index contributed by atoms with van der Waals surface area (Å²) < 4.78 is 9.55. The first-order valence-corrected chi connectivity index (χ1v) is 12.3. The Morgan fingerprint density at radius 1 is 1.03 bits per heavy atom. The summed E-state index contributed by atoms with van der Waals surface area (Å²) in [5.74, 6) is 0.842. The molecule has 34 heavy (non-hydrogen) atoms. The molecule has 166 valence electrons. The van der Waals surface area contributed by atoms with Crippen molar-refractivity contribution in [3.8, 4) is 23.6 Å². The maximum Gasteiger partial charge on any atom is 0.145 e. The number of halogens is 2. The molecule has 3 aromatic carbocycles. The summed E-state index contributed by atoms with van der Waals surface area (Å²) in [6.45, 7) is 0.388. The summed E-state index contributed by atoms with van der Waals surface area (Å²) >= 11 is 4.45.